The molecule has 3 heterocycles. The smallest absolute Gasteiger partial charge is 0.222 e. The fourth-order valence-electron chi connectivity index (χ4n) is 4.54. The second kappa shape index (κ2) is 10.7. The lowest BCUT2D eigenvalue weighted by Crippen LogP contribution is -2.48. The summed E-state index contributed by atoms with van der Waals surface area (Å²) in [5, 5.41) is 10.4. The quantitative estimate of drug-likeness (QED) is 0.271. The molecule has 0 atom stereocenters. The number of nitrogens with zero attached hydrogens (tertiary/aromatic N) is 6. The zero-order chi connectivity index (χ0) is 24.2. The van der Waals surface area contributed by atoms with Crippen molar-refractivity contribution in [3.63, 3.8) is 0 Å². The minimum absolute atomic E-state index is 0.232. The van der Waals surface area contributed by atoms with Crippen molar-refractivity contribution in [3.8, 4) is 0 Å². The van der Waals surface area contributed by atoms with Crippen LogP contribution in [0, 0.1) is 5.82 Å². The first-order valence-electron chi connectivity index (χ1n) is 12.1. The highest BCUT2D eigenvalue weighted by Crippen LogP contribution is 2.28. The van der Waals surface area contributed by atoms with Crippen molar-refractivity contribution in [2.75, 3.05) is 38.5 Å². The first-order chi connectivity index (χ1) is 17.1. The molecule has 0 spiro atoms. The van der Waals surface area contributed by atoms with E-state index in [9.17, 15) is 9.18 Å². The molecule has 0 bridgehead atoms. The normalized spacial score (nSPS) is 14.7. The highest BCUT2D eigenvalue weighted by atomic mass is 32.2. The van der Waals surface area contributed by atoms with Crippen LogP contribution in [0.4, 0.5) is 4.39 Å². The Balaban J connectivity index is 1.27. The van der Waals surface area contributed by atoms with Crippen molar-refractivity contribution >= 4 is 39.7 Å². The van der Waals surface area contributed by atoms with E-state index in [0.29, 0.717) is 18.1 Å². The highest BCUT2D eigenvalue weighted by molar-refractivity contribution is 7.99. The van der Waals surface area contributed by atoms with E-state index in [4.69, 9.17) is 4.98 Å². The Bertz CT molecular complexity index is 1320. The second-order valence-electron chi connectivity index (χ2n) is 8.76. The van der Waals surface area contributed by atoms with E-state index in [-0.39, 0.29) is 11.7 Å². The van der Waals surface area contributed by atoms with Gasteiger partial charge in [-0.25, -0.2) is 9.37 Å². The van der Waals surface area contributed by atoms with E-state index < -0.39 is 0 Å². The van der Waals surface area contributed by atoms with E-state index >= 15 is 0 Å². The lowest BCUT2D eigenvalue weighted by Gasteiger charge is -2.34. The number of hydrogen-bond acceptors (Lipinski definition) is 6. The highest BCUT2D eigenvalue weighted by Gasteiger charge is 2.20. The molecule has 35 heavy (non-hydrogen) atoms. The molecule has 0 aliphatic carbocycles. The molecule has 7 nitrogen and oxygen atoms in total. The zero-order valence-electron chi connectivity index (χ0n) is 19.9. The maximum atomic E-state index is 13.4. The fourth-order valence-corrected chi connectivity index (χ4v) is 5.26. The summed E-state index contributed by atoms with van der Waals surface area (Å²) in [7, 11) is 0. The standard InChI is InChI=1S/C26H29FN6OS/c1-2-31-13-15-32(16-14-31)23(34)8-5-17-35-26-28-25-24(29-30-26)21-6-3-4-7-22(21)33(25)18-19-9-11-20(27)12-10-19/h3-4,6-7,9-12H,2,5,8,13-18H2,1H3. The van der Waals surface area contributed by atoms with Crippen LogP contribution in [0.2, 0.25) is 0 Å². The van der Waals surface area contributed by atoms with Gasteiger partial charge in [-0.3, -0.25) is 4.79 Å². The number of benzene rings is 2. The fraction of sp³-hybridized carbons (Fsp3) is 0.385. The summed E-state index contributed by atoms with van der Waals surface area (Å²) < 4.78 is 15.5. The van der Waals surface area contributed by atoms with Crippen LogP contribution in [-0.4, -0.2) is 73.9 Å². The number of carbonyl (C=O) groups excluding carboxylic acids is 1. The van der Waals surface area contributed by atoms with Crippen LogP contribution in [-0.2, 0) is 11.3 Å². The van der Waals surface area contributed by atoms with Crippen LogP contribution >= 0.6 is 11.8 Å². The number of piperazine rings is 1. The third-order valence-electron chi connectivity index (χ3n) is 6.55. The number of carbonyl (C=O) groups is 1. The summed E-state index contributed by atoms with van der Waals surface area (Å²) in [6.07, 6.45) is 1.32. The number of para-hydroxylation sites is 1. The minimum atomic E-state index is -0.250. The van der Waals surface area contributed by atoms with Crippen molar-refractivity contribution in [2.45, 2.75) is 31.5 Å². The predicted octanol–water partition coefficient (Wildman–Crippen LogP) is 4.20. The molecule has 5 rings (SSSR count). The maximum absolute atomic E-state index is 13.4. The number of fused-ring (bicyclic) bond motifs is 3. The molecule has 2 aromatic carbocycles. The van der Waals surface area contributed by atoms with Crippen molar-refractivity contribution in [3.05, 3.63) is 59.9 Å². The molecule has 0 saturated carbocycles. The summed E-state index contributed by atoms with van der Waals surface area (Å²) >= 11 is 1.53. The van der Waals surface area contributed by atoms with Crippen LogP contribution in [0.3, 0.4) is 0 Å². The van der Waals surface area contributed by atoms with Gasteiger partial charge in [-0.05, 0) is 36.7 Å². The Hall–Kier alpha value is -3.04. The second-order valence-corrected chi connectivity index (χ2v) is 9.83. The predicted molar refractivity (Wildman–Crippen MR) is 137 cm³/mol. The number of likely N-dealkylation sites (N-methyl/N-ethyl adjacent to an activating group) is 1. The first kappa shape index (κ1) is 23.7. The summed E-state index contributed by atoms with van der Waals surface area (Å²) in [5.41, 5.74) is 3.52. The topological polar surface area (TPSA) is 67.2 Å². The third kappa shape index (κ3) is 5.31. The SMILES string of the molecule is CCN1CCN(C(=O)CCCSc2nnc3c4ccccc4n(Cc4ccc(F)cc4)c3n2)CC1. The van der Waals surface area contributed by atoms with E-state index in [0.717, 1.165) is 72.5 Å². The lowest BCUT2D eigenvalue weighted by molar-refractivity contribution is -0.132. The largest absolute Gasteiger partial charge is 0.340 e. The van der Waals surface area contributed by atoms with Crippen molar-refractivity contribution in [1.82, 2.24) is 29.5 Å². The van der Waals surface area contributed by atoms with Gasteiger partial charge in [0.2, 0.25) is 11.1 Å². The lowest BCUT2D eigenvalue weighted by atomic mass is 10.2. The van der Waals surface area contributed by atoms with Gasteiger partial charge < -0.3 is 14.4 Å². The molecule has 1 aliphatic heterocycles. The first-order valence-corrected chi connectivity index (χ1v) is 13.1. The average molecular weight is 493 g/mol. The Labute approximate surface area is 208 Å². The summed E-state index contributed by atoms with van der Waals surface area (Å²) in [5.74, 6) is 0.738. The number of halogens is 1. The Morgan fingerprint density at radius 2 is 1.80 bits per heavy atom. The number of amides is 1. The van der Waals surface area contributed by atoms with Gasteiger partial charge in [0.1, 0.15) is 11.3 Å². The average Bonchev–Trinajstić information content (AvgIpc) is 3.20. The Morgan fingerprint density at radius 3 is 2.57 bits per heavy atom. The molecule has 1 aliphatic rings. The molecular formula is C26H29FN6OS. The minimum Gasteiger partial charge on any atom is -0.340 e. The summed E-state index contributed by atoms with van der Waals surface area (Å²) in [4.78, 5) is 21.7. The van der Waals surface area contributed by atoms with Crippen LogP contribution in [0.15, 0.2) is 53.7 Å². The number of thioether (sulfide) groups is 1. The van der Waals surface area contributed by atoms with Crippen molar-refractivity contribution < 1.29 is 9.18 Å². The van der Waals surface area contributed by atoms with Crippen LogP contribution in [0.5, 0.6) is 0 Å². The zero-order valence-corrected chi connectivity index (χ0v) is 20.7. The van der Waals surface area contributed by atoms with E-state index in [1.807, 2.05) is 29.2 Å². The van der Waals surface area contributed by atoms with E-state index in [1.165, 1.54) is 23.9 Å². The molecule has 1 amide bonds. The molecule has 182 valence electrons. The molecule has 9 heteroatoms. The molecule has 4 aromatic rings. The molecule has 1 saturated heterocycles. The van der Waals surface area contributed by atoms with Crippen LogP contribution < -0.4 is 0 Å². The van der Waals surface area contributed by atoms with E-state index in [1.54, 1.807) is 12.1 Å². The maximum Gasteiger partial charge on any atom is 0.222 e. The van der Waals surface area contributed by atoms with Crippen LogP contribution in [0.25, 0.3) is 22.1 Å². The van der Waals surface area contributed by atoms with Gasteiger partial charge in [0.05, 0.1) is 5.52 Å². The molecule has 0 unspecified atom stereocenters. The van der Waals surface area contributed by atoms with Crippen molar-refractivity contribution in [1.29, 1.82) is 0 Å². The van der Waals surface area contributed by atoms with Gasteiger partial charge >= 0.3 is 0 Å². The van der Waals surface area contributed by atoms with Gasteiger partial charge in [-0.2, -0.15) is 0 Å². The Kier molecular flexibility index (Phi) is 7.24. The molecule has 0 N–H and O–H groups in total. The number of aromatic nitrogens is 4. The monoisotopic (exact) mass is 492 g/mol. The molecule has 0 radical (unpaired) electrons. The number of rotatable bonds is 8. The third-order valence-corrected chi connectivity index (χ3v) is 7.47. The number of hydrogen-bond donors (Lipinski definition) is 0. The summed E-state index contributed by atoms with van der Waals surface area (Å²) in [6, 6.07) is 14.6. The van der Waals surface area contributed by atoms with Gasteiger partial charge in [0.15, 0.2) is 5.65 Å². The molecule has 2 aromatic heterocycles. The summed E-state index contributed by atoms with van der Waals surface area (Å²) in [6.45, 7) is 7.33. The van der Waals surface area contributed by atoms with Crippen LogP contribution in [0.1, 0.15) is 25.3 Å². The molecule has 1 fully saturated rings. The van der Waals surface area contributed by atoms with Gasteiger partial charge in [0.25, 0.3) is 0 Å². The molecular weight excluding hydrogens is 463 g/mol. The van der Waals surface area contributed by atoms with E-state index in [2.05, 4.69) is 26.6 Å². The van der Waals surface area contributed by atoms with Crippen molar-refractivity contribution in [2.24, 2.45) is 0 Å². The van der Waals surface area contributed by atoms with Gasteiger partial charge in [-0.15, -0.1) is 10.2 Å². The Morgan fingerprint density at radius 1 is 1.03 bits per heavy atom. The van der Waals surface area contributed by atoms with Gasteiger partial charge in [-0.1, -0.05) is 49.0 Å². The van der Waals surface area contributed by atoms with Gasteiger partial charge in [0, 0.05) is 50.3 Å².